The molecule has 6 nitrogen and oxygen atoms in total. The zero-order chi connectivity index (χ0) is 14.3. The van der Waals surface area contributed by atoms with Gasteiger partial charge in [-0.15, -0.1) is 0 Å². The number of fused-ring (bicyclic) bond motifs is 1. The van der Waals surface area contributed by atoms with Gasteiger partial charge in [-0.1, -0.05) is 19.9 Å². The Hall–Kier alpha value is -1.95. The molecule has 0 saturated heterocycles. The number of aromatic nitrogens is 4. The maximum atomic E-state index is 12.6. The number of hydrogen-bond acceptors (Lipinski definition) is 4. The van der Waals surface area contributed by atoms with Crippen molar-refractivity contribution in [3.63, 3.8) is 0 Å². The molecule has 3 heterocycles. The molecule has 6 heteroatoms. The van der Waals surface area contributed by atoms with Crippen molar-refractivity contribution in [1.82, 2.24) is 24.5 Å². The minimum Gasteiger partial charge on any atom is -0.302 e. The summed E-state index contributed by atoms with van der Waals surface area (Å²) in [6, 6.07) is 0. The lowest BCUT2D eigenvalue weighted by molar-refractivity contribution is 0.372. The van der Waals surface area contributed by atoms with E-state index in [1.807, 2.05) is 13.8 Å². The number of H-pyrrole nitrogens is 1. The van der Waals surface area contributed by atoms with Gasteiger partial charge in [0.1, 0.15) is 6.33 Å². The van der Waals surface area contributed by atoms with Gasteiger partial charge in [-0.05, 0) is 25.0 Å². The van der Waals surface area contributed by atoms with Gasteiger partial charge < -0.3 is 4.90 Å². The summed E-state index contributed by atoms with van der Waals surface area (Å²) in [6.07, 6.45) is 4.68. The van der Waals surface area contributed by atoms with E-state index in [9.17, 15) is 4.79 Å². The average Bonchev–Trinajstić information content (AvgIpc) is 2.86. The van der Waals surface area contributed by atoms with Gasteiger partial charge in [0.2, 0.25) is 0 Å². The van der Waals surface area contributed by atoms with Crippen LogP contribution in [0, 0.1) is 0 Å². The number of nitrogens with zero attached hydrogens (tertiary/aromatic N) is 4. The highest BCUT2D eigenvalue weighted by atomic mass is 16.1. The van der Waals surface area contributed by atoms with E-state index in [0.29, 0.717) is 5.78 Å². The van der Waals surface area contributed by atoms with Crippen LogP contribution in [0.1, 0.15) is 37.4 Å². The molecule has 0 bridgehead atoms. The highest BCUT2D eigenvalue weighted by molar-refractivity contribution is 5.68. The van der Waals surface area contributed by atoms with Gasteiger partial charge in [-0.25, -0.2) is 9.97 Å². The quantitative estimate of drug-likeness (QED) is 0.894. The number of likely N-dealkylation sites (N-methyl/N-ethyl adjacent to an activating group) is 1. The van der Waals surface area contributed by atoms with E-state index in [-0.39, 0.29) is 11.5 Å². The van der Waals surface area contributed by atoms with E-state index in [2.05, 4.69) is 33.1 Å². The van der Waals surface area contributed by atoms with Crippen molar-refractivity contribution in [2.75, 3.05) is 20.1 Å². The monoisotopic (exact) mass is 273 g/mol. The van der Waals surface area contributed by atoms with Crippen molar-refractivity contribution >= 4 is 11.4 Å². The minimum absolute atomic E-state index is 0.0494. The Labute approximate surface area is 117 Å². The van der Waals surface area contributed by atoms with Crippen LogP contribution in [0.5, 0.6) is 0 Å². The molecule has 1 N–H and O–H groups in total. The molecule has 2 aromatic heterocycles. The molecule has 0 aliphatic carbocycles. The second-order valence-electron chi connectivity index (χ2n) is 5.61. The fourth-order valence-electron chi connectivity index (χ4n) is 2.70. The highest BCUT2D eigenvalue weighted by Crippen LogP contribution is 2.24. The summed E-state index contributed by atoms with van der Waals surface area (Å²) in [6.45, 7) is 5.92. The smallest absolute Gasteiger partial charge is 0.278 e. The molecule has 0 spiro atoms. The first-order valence-corrected chi connectivity index (χ1v) is 6.92. The zero-order valence-electron chi connectivity index (χ0n) is 12.1. The third-order valence-electron chi connectivity index (χ3n) is 3.69. The topological polar surface area (TPSA) is 66.3 Å². The van der Waals surface area contributed by atoms with Gasteiger partial charge in [0.15, 0.2) is 0 Å². The van der Waals surface area contributed by atoms with Crippen LogP contribution in [0.3, 0.4) is 0 Å². The summed E-state index contributed by atoms with van der Waals surface area (Å²) < 4.78 is 1.41. The van der Waals surface area contributed by atoms with Gasteiger partial charge in [0.05, 0.1) is 5.69 Å². The van der Waals surface area contributed by atoms with Gasteiger partial charge >= 0.3 is 0 Å². The lowest BCUT2D eigenvalue weighted by Gasteiger charge is -2.24. The van der Waals surface area contributed by atoms with Crippen molar-refractivity contribution in [3.8, 4) is 0 Å². The van der Waals surface area contributed by atoms with E-state index in [1.54, 1.807) is 0 Å². The third-order valence-corrected chi connectivity index (χ3v) is 3.69. The minimum atomic E-state index is -0.0494. The summed E-state index contributed by atoms with van der Waals surface area (Å²) in [5.74, 6) is 0.557. The number of nitrogens with one attached hydrogen (secondary N) is 1. The first-order chi connectivity index (χ1) is 9.58. The Balaban J connectivity index is 2.25. The molecule has 0 fully saturated rings. The van der Waals surface area contributed by atoms with Crippen LogP contribution in [0.2, 0.25) is 0 Å². The molecule has 0 amide bonds. The summed E-state index contributed by atoms with van der Waals surface area (Å²) >= 11 is 0. The van der Waals surface area contributed by atoms with Crippen molar-refractivity contribution in [2.24, 2.45) is 0 Å². The van der Waals surface area contributed by atoms with Gasteiger partial charge in [-0.2, -0.15) is 4.52 Å². The predicted molar refractivity (Wildman–Crippen MR) is 77.8 cm³/mol. The lowest BCUT2D eigenvalue weighted by atomic mass is 9.96. The Morgan fingerprint density at radius 1 is 1.40 bits per heavy atom. The summed E-state index contributed by atoms with van der Waals surface area (Å²) in [7, 11) is 2.09. The lowest BCUT2D eigenvalue weighted by Crippen LogP contribution is -2.29. The fourth-order valence-corrected chi connectivity index (χ4v) is 2.70. The summed E-state index contributed by atoms with van der Waals surface area (Å²) in [4.78, 5) is 23.5. The van der Waals surface area contributed by atoms with Crippen LogP contribution in [-0.4, -0.2) is 44.6 Å². The highest BCUT2D eigenvalue weighted by Gasteiger charge is 2.21. The van der Waals surface area contributed by atoms with Crippen LogP contribution in [0.15, 0.2) is 17.2 Å². The van der Waals surface area contributed by atoms with Gasteiger partial charge in [0, 0.05) is 18.7 Å². The van der Waals surface area contributed by atoms with Crippen LogP contribution >= 0.6 is 0 Å². The predicted octanol–water partition coefficient (Wildman–Crippen LogP) is 1.26. The molecule has 20 heavy (non-hydrogen) atoms. The summed E-state index contributed by atoms with van der Waals surface area (Å²) in [5, 5.41) is 2.82. The number of hydrogen-bond donors (Lipinski definition) is 1. The largest absolute Gasteiger partial charge is 0.302 e. The van der Waals surface area contributed by atoms with E-state index < -0.39 is 0 Å². The van der Waals surface area contributed by atoms with Crippen LogP contribution in [0.25, 0.3) is 11.4 Å². The first-order valence-electron chi connectivity index (χ1n) is 6.92. The molecule has 0 radical (unpaired) electrons. The SMILES string of the molecule is CC(C)c1c(C2=CCCN(C)C2)nc2nc[nH]n2c1=O. The molecular formula is C14H19N5O. The van der Waals surface area contributed by atoms with Crippen molar-refractivity contribution in [1.29, 1.82) is 0 Å². The molecule has 2 aromatic rings. The van der Waals surface area contributed by atoms with E-state index >= 15 is 0 Å². The summed E-state index contributed by atoms with van der Waals surface area (Å²) in [5.41, 5.74) is 2.65. The van der Waals surface area contributed by atoms with E-state index in [4.69, 9.17) is 0 Å². The molecule has 106 valence electrons. The Morgan fingerprint density at radius 2 is 2.20 bits per heavy atom. The third kappa shape index (κ3) is 2.06. The Kier molecular flexibility index (Phi) is 3.17. The Morgan fingerprint density at radius 3 is 2.90 bits per heavy atom. The first kappa shape index (κ1) is 13.1. The van der Waals surface area contributed by atoms with Crippen LogP contribution < -0.4 is 5.56 Å². The molecule has 1 aliphatic heterocycles. The number of aromatic amines is 1. The van der Waals surface area contributed by atoms with Crippen molar-refractivity contribution in [3.05, 3.63) is 34.0 Å². The maximum Gasteiger partial charge on any atom is 0.278 e. The second kappa shape index (κ2) is 4.86. The van der Waals surface area contributed by atoms with Crippen LogP contribution in [-0.2, 0) is 0 Å². The molecule has 3 rings (SSSR count). The van der Waals surface area contributed by atoms with Crippen molar-refractivity contribution < 1.29 is 0 Å². The fraction of sp³-hybridized carbons (Fsp3) is 0.500. The maximum absolute atomic E-state index is 12.6. The molecule has 1 aliphatic rings. The molecule has 0 saturated carbocycles. The number of rotatable bonds is 2. The molecule has 0 aromatic carbocycles. The zero-order valence-corrected chi connectivity index (χ0v) is 12.1. The average molecular weight is 273 g/mol. The molecule has 0 unspecified atom stereocenters. The van der Waals surface area contributed by atoms with Gasteiger partial charge in [0.25, 0.3) is 11.3 Å². The standard InChI is InChI=1S/C14H19N5O/c1-9(2)11-12(10-5-4-6-18(3)7-10)17-14-15-8-16-19(14)13(11)20/h5,8-9H,4,6-7H2,1-3H3,(H,15,16,17). The van der Waals surface area contributed by atoms with Crippen LogP contribution in [0.4, 0.5) is 0 Å². The van der Waals surface area contributed by atoms with Crippen molar-refractivity contribution in [2.45, 2.75) is 26.2 Å². The molecule has 0 atom stereocenters. The second-order valence-corrected chi connectivity index (χ2v) is 5.61. The Bertz CT molecular complexity index is 725. The van der Waals surface area contributed by atoms with E-state index in [1.165, 1.54) is 10.8 Å². The van der Waals surface area contributed by atoms with Gasteiger partial charge in [-0.3, -0.25) is 9.89 Å². The molecular weight excluding hydrogens is 254 g/mol. The normalized spacial score (nSPS) is 16.9. The van der Waals surface area contributed by atoms with E-state index in [0.717, 1.165) is 36.3 Å².